The molecule has 2 atom stereocenters. The Bertz CT molecular complexity index is 1550. The van der Waals surface area contributed by atoms with Gasteiger partial charge in [-0.05, 0) is 49.3 Å². The Hall–Kier alpha value is -5.92. The molecule has 14 nitrogen and oxygen atoms in total. The second-order valence-corrected chi connectivity index (χ2v) is 11.6. The Morgan fingerprint density at radius 2 is 1.24 bits per heavy atom. The van der Waals surface area contributed by atoms with Crippen LogP contribution in [0, 0.1) is 0 Å². The summed E-state index contributed by atoms with van der Waals surface area (Å²) in [5.74, 6) is -0.895. The van der Waals surface area contributed by atoms with Crippen molar-refractivity contribution in [1.29, 1.82) is 0 Å². The smallest absolute Gasteiger partial charge is 0.414 e. The van der Waals surface area contributed by atoms with Crippen molar-refractivity contribution in [2.75, 3.05) is 19.6 Å². The normalized spacial score (nSPS) is 14.0. The second kappa shape index (κ2) is 20.6. The highest BCUT2D eigenvalue weighted by Gasteiger charge is 2.37. The van der Waals surface area contributed by atoms with Gasteiger partial charge in [0.1, 0.15) is 31.9 Å². The average molecular weight is 701 g/mol. The molecule has 0 radical (unpaired) electrons. The lowest BCUT2D eigenvalue weighted by Crippen LogP contribution is -2.53. The molecule has 4 N–H and O–H groups in total. The molecule has 0 bridgehead atoms. The molecular weight excluding hydrogens is 656 g/mol. The molecule has 0 spiro atoms. The number of carbonyl (C=O) groups excluding carboxylic acids is 5. The molecule has 0 aliphatic carbocycles. The van der Waals surface area contributed by atoms with Gasteiger partial charge >= 0.3 is 18.3 Å². The fourth-order valence-corrected chi connectivity index (χ4v) is 5.27. The molecular formula is C37H44N6O8. The van der Waals surface area contributed by atoms with Crippen LogP contribution in [0.5, 0.6) is 0 Å². The summed E-state index contributed by atoms with van der Waals surface area (Å²) in [5, 5.41) is 10.3. The van der Waals surface area contributed by atoms with E-state index in [1.807, 2.05) is 66.7 Å². The van der Waals surface area contributed by atoms with Crippen LogP contribution in [0.2, 0.25) is 0 Å². The average Bonchev–Trinajstić information content (AvgIpc) is 3.65. The van der Waals surface area contributed by atoms with Gasteiger partial charge in [0, 0.05) is 19.6 Å². The third kappa shape index (κ3) is 13.1. The maximum Gasteiger partial charge on any atom is 0.414 e. The summed E-state index contributed by atoms with van der Waals surface area (Å²) in [6.45, 7) is 2.60. The number of amides is 5. The van der Waals surface area contributed by atoms with Gasteiger partial charge in [0.05, 0.1) is 0 Å². The molecule has 0 aromatic heterocycles. The minimum atomic E-state index is -1.03. The van der Waals surface area contributed by atoms with E-state index in [0.29, 0.717) is 25.9 Å². The van der Waals surface area contributed by atoms with Crippen LogP contribution in [0.3, 0.4) is 0 Å². The van der Waals surface area contributed by atoms with E-state index in [1.54, 1.807) is 31.2 Å². The predicted octanol–water partition coefficient (Wildman–Crippen LogP) is 4.40. The third-order valence-corrected chi connectivity index (χ3v) is 7.78. The summed E-state index contributed by atoms with van der Waals surface area (Å²) >= 11 is 0. The van der Waals surface area contributed by atoms with Crippen molar-refractivity contribution in [2.24, 2.45) is 4.99 Å². The van der Waals surface area contributed by atoms with E-state index in [1.165, 1.54) is 4.90 Å². The molecule has 1 saturated heterocycles. The van der Waals surface area contributed by atoms with Gasteiger partial charge in [0.15, 0.2) is 0 Å². The lowest BCUT2D eigenvalue weighted by Gasteiger charge is -2.28. The quantitative estimate of drug-likeness (QED) is 0.0828. The number of likely N-dealkylation sites (N-methyl/N-ethyl adjacent to an activating group) is 1. The van der Waals surface area contributed by atoms with Gasteiger partial charge in [-0.2, -0.15) is 0 Å². The molecule has 51 heavy (non-hydrogen) atoms. The Labute approximate surface area is 296 Å². The van der Waals surface area contributed by atoms with Crippen LogP contribution in [0.25, 0.3) is 0 Å². The molecule has 1 fully saturated rings. The third-order valence-electron chi connectivity index (χ3n) is 7.78. The maximum absolute atomic E-state index is 13.8. The highest BCUT2D eigenvalue weighted by atomic mass is 16.6. The van der Waals surface area contributed by atoms with Crippen LogP contribution in [0.1, 0.15) is 49.3 Å². The number of ether oxygens (including phenoxy) is 3. The van der Waals surface area contributed by atoms with Crippen LogP contribution in [0.4, 0.5) is 14.4 Å². The van der Waals surface area contributed by atoms with E-state index in [9.17, 15) is 24.0 Å². The molecule has 270 valence electrons. The van der Waals surface area contributed by atoms with E-state index < -0.39 is 36.3 Å². The van der Waals surface area contributed by atoms with E-state index in [0.717, 1.165) is 16.7 Å². The number of nitrogens with one attached hydrogen (secondary N) is 4. The first-order valence-electron chi connectivity index (χ1n) is 16.9. The van der Waals surface area contributed by atoms with Crippen LogP contribution >= 0.6 is 0 Å². The summed E-state index contributed by atoms with van der Waals surface area (Å²) < 4.78 is 15.9. The minimum Gasteiger partial charge on any atom is -0.445 e. The zero-order valence-corrected chi connectivity index (χ0v) is 28.5. The molecule has 2 unspecified atom stereocenters. The summed E-state index contributed by atoms with van der Waals surface area (Å²) in [4.78, 5) is 70.4. The Kier molecular flexibility index (Phi) is 15.3. The standard InChI is InChI=1S/C37H44N6O8/c1-2-38-32(44)31-21-13-23-43(31)33(45)30(40-35(46)49-24-27-14-6-3-7-15-27)20-12-22-39-34(41-36(47)50-25-28-16-8-4-9-17-28)42-37(48)51-26-29-18-10-5-11-19-29/h3-11,14-19,30-31H,2,12-13,20-26H2,1H3,(H,38,44)(H,40,46)(H2,39,41,42,47,48). The molecule has 0 saturated carbocycles. The molecule has 14 heteroatoms. The van der Waals surface area contributed by atoms with E-state index in [-0.39, 0.29) is 51.1 Å². The fraction of sp³-hybridized carbons (Fsp3) is 0.351. The van der Waals surface area contributed by atoms with Gasteiger partial charge in [0.2, 0.25) is 17.8 Å². The van der Waals surface area contributed by atoms with Crippen LogP contribution in [-0.2, 0) is 43.6 Å². The number of alkyl carbamates (subject to hydrolysis) is 3. The number of carbonyl (C=O) groups is 5. The van der Waals surface area contributed by atoms with Gasteiger partial charge in [-0.15, -0.1) is 0 Å². The Morgan fingerprint density at radius 3 is 1.73 bits per heavy atom. The molecule has 3 aromatic carbocycles. The molecule has 5 amide bonds. The molecule has 1 aliphatic rings. The first-order chi connectivity index (χ1) is 24.8. The first-order valence-corrected chi connectivity index (χ1v) is 16.9. The lowest BCUT2D eigenvalue weighted by atomic mass is 10.1. The second-order valence-electron chi connectivity index (χ2n) is 11.6. The SMILES string of the molecule is CCNC(=O)C1CCCN1C(=O)C(CCCN=C(NC(=O)OCc1ccccc1)NC(=O)OCc1ccccc1)NC(=O)OCc1ccccc1. The first kappa shape index (κ1) is 37.9. The molecule has 1 heterocycles. The summed E-state index contributed by atoms with van der Waals surface area (Å²) in [5.41, 5.74) is 2.30. The zero-order chi connectivity index (χ0) is 36.3. The summed E-state index contributed by atoms with van der Waals surface area (Å²) in [6.07, 6.45) is -1.00. The number of guanidine groups is 1. The zero-order valence-electron chi connectivity index (χ0n) is 28.5. The van der Waals surface area contributed by atoms with Crippen molar-refractivity contribution >= 4 is 36.1 Å². The van der Waals surface area contributed by atoms with Gasteiger partial charge in [0.25, 0.3) is 0 Å². The molecule has 3 aromatic rings. The van der Waals surface area contributed by atoms with Crippen molar-refractivity contribution in [3.63, 3.8) is 0 Å². The van der Waals surface area contributed by atoms with E-state index in [2.05, 4.69) is 26.3 Å². The highest BCUT2D eigenvalue weighted by molar-refractivity contribution is 6.01. The van der Waals surface area contributed by atoms with Crippen molar-refractivity contribution in [2.45, 2.75) is 64.5 Å². The van der Waals surface area contributed by atoms with Gasteiger partial charge in [-0.25, -0.2) is 14.4 Å². The number of rotatable bonds is 14. The van der Waals surface area contributed by atoms with Crippen molar-refractivity contribution < 1.29 is 38.2 Å². The Balaban J connectivity index is 1.41. The monoisotopic (exact) mass is 700 g/mol. The number of aliphatic imine (C=N–C) groups is 1. The molecule has 4 rings (SSSR count). The topological polar surface area (TPSA) is 177 Å². The van der Waals surface area contributed by atoms with Crippen LogP contribution in [-0.4, -0.2) is 72.7 Å². The predicted molar refractivity (Wildman–Crippen MR) is 188 cm³/mol. The highest BCUT2D eigenvalue weighted by Crippen LogP contribution is 2.20. The largest absolute Gasteiger partial charge is 0.445 e. The van der Waals surface area contributed by atoms with Gasteiger partial charge in [-0.1, -0.05) is 91.0 Å². The van der Waals surface area contributed by atoms with Crippen molar-refractivity contribution in [1.82, 2.24) is 26.2 Å². The summed E-state index contributed by atoms with van der Waals surface area (Å²) in [6, 6.07) is 25.5. The minimum absolute atomic E-state index is 0.00453. The van der Waals surface area contributed by atoms with Gasteiger partial charge in [-0.3, -0.25) is 25.2 Å². The van der Waals surface area contributed by atoms with E-state index in [4.69, 9.17) is 14.2 Å². The number of benzene rings is 3. The van der Waals surface area contributed by atoms with Gasteiger partial charge < -0.3 is 29.7 Å². The van der Waals surface area contributed by atoms with E-state index >= 15 is 0 Å². The number of nitrogens with zero attached hydrogens (tertiary/aromatic N) is 2. The summed E-state index contributed by atoms with van der Waals surface area (Å²) in [7, 11) is 0. The van der Waals surface area contributed by atoms with Crippen molar-refractivity contribution in [3.05, 3.63) is 108 Å². The number of likely N-dealkylation sites (tertiary alicyclic amines) is 1. The number of hydrogen-bond acceptors (Lipinski definition) is 9. The number of hydrogen-bond donors (Lipinski definition) is 4. The maximum atomic E-state index is 13.8. The Morgan fingerprint density at radius 1 is 0.745 bits per heavy atom. The fourth-order valence-electron chi connectivity index (χ4n) is 5.27. The lowest BCUT2D eigenvalue weighted by molar-refractivity contribution is -0.140. The van der Waals surface area contributed by atoms with Crippen LogP contribution in [0.15, 0.2) is 96.0 Å². The van der Waals surface area contributed by atoms with Crippen molar-refractivity contribution in [3.8, 4) is 0 Å². The van der Waals surface area contributed by atoms with Crippen LogP contribution < -0.4 is 21.3 Å². The molecule has 1 aliphatic heterocycles.